The summed E-state index contributed by atoms with van der Waals surface area (Å²) in [4.78, 5) is 12.4. The van der Waals surface area contributed by atoms with Crippen molar-refractivity contribution in [3.05, 3.63) is 47.5 Å². The van der Waals surface area contributed by atoms with Crippen LogP contribution >= 0.6 is 23.4 Å². The Labute approximate surface area is 139 Å². The summed E-state index contributed by atoms with van der Waals surface area (Å²) in [5, 5.41) is 3.89. The Morgan fingerprint density at radius 2 is 2.27 bits per heavy atom. The van der Waals surface area contributed by atoms with E-state index >= 15 is 0 Å². The lowest BCUT2D eigenvalue weighted by Crippen LogP contribution is -2.33. The van der Waals surface area contributed by atoms with E-state index < -0.39 is 0 Å². The minimum atomic E-state index is 0.490. The van der Waals surface area contributed by atoms with Crippen LogP contribution < -0.4 is 11.1 Å². The van der Waals surface area contributed by atoms with Crippen molar-refractivity contribution >= 4 is 29.3 Å². The highest BCUT2D eigenvalue weighted by molar-refractivity contribution is 7.99. The number of guanidine groups is 1. The van der Waals surface area contributed by atoms with Crippen LogP contribution in [0.25, 0.3) is 0 Å². The average molecular weight is 338 g/mol. The molecule has 0 radical (unpaired) electrons. The number of halogens is 1. The first-order chi connectivity index (χ1) is 10.8. The maximum Gasteiger partial charge on any atom is 0.188 e. The quantitative estimate of drug-likeness (QED) is 0.299. The van der Waals surface area contributed by atoms with Crippen molar-refractivity contribution < 1.29 is 0 Å². The van der Waals surface area contributed by atoms with Crippen molar-refractivity contribution in [1.29, 1.82) is 0 Å². The molecule has 22 heavy (non-hydrogen) atoms. The molecule has 0 unspecified atom stereocenters. The first kappa shape index (κ1) is 16.7. The molecule has 1 aromatic heterocycles. The number of aliphatic imine (C=N–C) groups is 1. The van der Waals surface area contributed by atoms with Crippen LogP contribution in [0.3, 0.4) is 0 Å². The van der Waals surface area contributed by atoms with E-state index in [9.17, 15) is 0 Å². The minimum absolute atomic E-state index is 0.490. The van der Waals surface area contributed by atoms with Gasteiger partial charge >= 0.3 is 0 Å². The molecule has 0 atom stereocenters. The third-order valence-electron chi connectivity index (χ3n) is 2.94. The highest BCUT2D eigenvalue weighted by Crippen LogP contribution is 2.25. The maximum atomic E-state index is 6.10. The monoisotopic (exact) mass is 337 g/mol. The van der Waals surface area contributed by atoms with Crippen LogP contribution in [-0.2, 0) is 6.42 Å². The second-order valence-electron chi connectivity index (χ2n) is 4.65. The first-order valence-corrected chi connectivity index (χ1v) is 8.50. The normalized spacial score (nSPS) is 11.6. The van der Waals surface area contributed by atoms with Gasteiger partial charge in [0.1, 0.15) is 0 Å². The zero-order valence-electron chi connectivity index (χ0n) is 12.3. The molecular weight excluding hydrogens is 318 g/mol. The summed E-state index contributed by atoms with van der Waals surface area (Å²) >= 11 is 7.80. The summed E-state index contributed by atoms with van der Waals surface area (Å²) < 4.78 is 0. The smallest absolute Gasteiger partial charge is 0.188 e. The molecule has 0 saturated carbocycles. The van der Waals surface area contributed by atoms with Crippen LogP contribution in [-0.4, -0.2) is 34.8 Å². The molecule has 0 aliphatic rings. The molecule has 7 heteroatoms. The summed E-state index contributed by atoms with van der Waals surface area (Å²) in [5.74, 6) is 1.37. The number of hydrogen-bond acceptors (Lipinski definition) is 3. The standard InChI is InChI=1S/C15H20ClN5S/c16-13-5-1-2-6-14(13)22-9-8-20-15(17)19-7-3-4-12-10-18-11-21-12/h1-2,5-6,10-11H,3-4,7-9H2,(H,18,21)(H3,17,19,20). The summed E-state index contributed by atoms with van der Waals surface area (Å²) in [6, 6.07) is 7.82. The van der Waals surface area contributed by atoms with Gasteiger partial charge in [-0.2, -0.15) is 0 Å². The Morgan fingerprint density at radius 3 is 3.05 bits per heavy atom. The number of thioether (sulfide) groups is 1. The van der Waals surface area contributed by atoms with Gasteiger partial charge in [-0.15, -0.1) is 11.8 Å². The fraction of sp³-hybridized carbons (Fsp3) is 0.333. The van der Waals surface area contributed by atoms with E-state index in [4.69, 9.17) is 17.3 Å². The van der Waals surface area contributed by atoms with Crippen LogP contribution in [0.2, 0.25) is 5.02 Å². The van der Waals surface area contributed by atoms with Crippen molar-refractivity contribution in [3.63, 3.8) is 0 Å². The molecule has 118 valence electrons. The van der Waals surface area contributed by atoms with E-state index in [1.54, 1.807) is 18.1 Å². The summed E-state index contributed by atoms with van der Waals surface area (Å²) in [5.41, 5.74) is 6.95. The summed E-state index contributed by atoms with van der Waals surface area (Å²) in [7, 11) is 0. The predicted molar refractivity (Wildman–Crippen MR) is 93.6 cm³/mol. The average Bonchev–Trinajstić information content (AvgIpc) is 3.03. The Kier molecular flexibility index (Phi) is 7.12. The summed E-state index contributed by atoms with van der Waals surface area (Å²) in [6.07, 6.45) is 5.39. The van der Waals surface area contributed by atoms with Gasteiger partial charge in [-0.05, 0) is 25.0 Å². The van der Waals surface area contributed by atoms with Gasteiger partial charge in [0.25, 0.3) is 0 Å². The molecule has 2 aromatic rings. The van der Waals surface area contributed by atoms with Gasteiger partial charge in [-0.3, -0.25) is 4.99 Å². The second-order valence-corrected chi connectivity index (χ2v) is 6.20. The number of aromatic amines is 1. The van der Waals surface area contributed by atoms with Gasteiger partial charge in [0.15, 0.2) is 5.96 Å². The zero-order valence-corrected chi connectivity index (χ0v) is 13.8. The van der Waals surface area contributed by atoms with Crippen molar-refractivity contribution in [1.82, 2.24) is 15.3 Å². The van der Waals surface area contributed by atoms with Crippen LogP contribution in [0.15, 0.2) is 46.7 Å². The number of nitrogens with two attached hydrogens (primary N) is 1. The van der Waals surface area contributed by atoms with E-state index in [1.807, 2.05) is 30.5 Å². The van der Waals surface area contributed by atoms with Crippen molar-refractivity contribution in [2.45, 2.75) is 17.7 Å². The molecule has 0 amide bonds. The highest BCUT2D eigenvalue weighted by Gasteiger charge is 1.99. The fourth-order valence-electron chi connectivity index (χ4n) is 1.85. The SMILES string of the molecule is NC(=NCCCc1cnc[nH]1)NCCSc1ccccc1Cl. The molecule has 1 heterocycles. The van der Waals surface area contributed by atoms with Crippen molar-refractivity contribution in [3.8, 4) is 0 Å². The van der Waals surface area contributed by atoms with Gasteiger partial charge in [0.2, 0.25) is 0 Å². The van der Waals surface area contributed by atoms with Gasteiger partial charge in [0, 0.05) is 35.6 Å². The van der Waals surface area contributed by atoms with Crippen molar-refractivity contribution in [2.24, 2.45) is 10.7 Å². The van der Waals surface area contributed by atoms with Gasteiger partial charge < -0.3 is 16.0 Å². The predicted octanol–water partition coefficient (Wildman–Crippen LogP) is 2.69. The fourth-order valence-corrected chi connectivity index (χ4v) is 2.95. The van der Waals surface area contributed by atoms with Gasteiger partial charge in [-0.25, -0.2) is 4.98 Å². The molecule has 0 aliphatic carbocycles. The maximum absolute atomic E-state index is 6.10. The van der Waals surface area contributed by atoms with E-state index in [0.717, 1.165) is 40.8 Å². The first-order valence-electron chi connectivity index (χ1n) is 7.14. The van der Waals surface area contributed by atoms with Crippen LogP contribution in [0.1, 0.15) is 12.1 Å². The topological polar surface area (TPSA) is 79.1 Å². The lowest BCUT2D eigenvalue weighted by molar-refractivity contribution is 0.806. The lowest BCUT2D eigenvalue weighted by Gasteiger charge is -2.06. The van der Waals surface area contributed by atoms with Gasteiger partial charge in [0.05, 0.1) is 11.3 Å². The highest BCUT2D eigenvalue weighted by atomic mass is 35.5. The molecule has 0 aliphatic heterocycles. The largest absolute Gasteiger partial charge is 0.370 e. The third-order valence-corrected chi connectivity index (χ3v) is 4.46. The number of imidazole rings is 1. The second kappa shape index (κ2) is 9.38. The molecule has 0 bridgehead atoms. The Balaban J connectivity index is 1.58. The number of aromatic nitrogens is 2. The van der Waals surface area contributed by atoms with Crippen LogP contribution in [0, 0.1) is 0 Å². The number of rotatable bonds is 8. The Morgan fingerprint density at radius 1 is 1.41 bits per heavy atom. The molecule has 4 N–H and O–H groups in total. The lowest BCUT2D eigenvalue weighted by atomic mass is 10.2. The number of hydrogen-bond donors (Lipinski definition) is 3. The third kappa shape index (κ3) is 5.99. The molecular formula is C15H20ClN5S. The Hall–Kier alpha value is -1.66. The zero-order chi connectivity index (χ0) is 15.6. The molecule has 0 fully saturated rings. The number of nitrogens with one attached hydrogen (secondary N) is 2. The number of aryl methyl sites for hydroxylation is 1. The number of H-pyrrole nitrogens is 1. The van der Waals surface area contributed by atoms with E-state index in [1.165, 1.54) is 0 Å². The van der Waals surface area contributed by atoms with Gasteiger partial charge in [-0.1, -0.05) is 23.7 Å². The van der Waals surface area contributed by atoms with Crippen LogP contribution in [0.5, 0.6) is 0 Å². The van der Waals surface area contributed by atoms with Crippen LogP contribution in [0.4, 0.5) is 0 Å². The van der Waals surface area contributed by atoms with E-state index in [-0.39, 0.29) is 0 Å². The molecule has 1 aromatic carbocycles. The molecule has 5 nitrogen and oxygen atoms in total. The number of benzene rings is 1. The Bertz CT molecular complexity index is 585. The number of nitrogens with zero attached hydrogens (tertiary/aromatic N) is 2. The molecule has 0 spiro atoms. The minimum Gasteiger partial charge on any atom is -0.370 e. The van der Waals surface area contributed by atoms with E-state index in [2.05, 4.69) is 20.3 Å². The molecule has 0 saturated heterocycles. The molecule has 2 rings (SSSR count). The van der Waals surface area contributed by atoms with E-state index in [0.29, 0.717) is 12.5 Å². The summed E-state index contributed by atoms with van der Waals surface area (Å²) in [6.45, 7) is 1.46. The van der Waals surface area contributed by atoms with Crippen molar-refractivity contribution in [2.75, 3.05) is 18.8 Å².